The second kappa shape index (κ2) is 6.71. The molecule has 0 aliphatic heterocycles. The molecule has 0 aliphatic carbocycles. The number of likely N-dealkylation sites (N-methyl/N-ethyl adjacent to an activating group) is 1. The van der Waals surface area contributed by atoms with Crippen LogP contribution in [0.1, 0.15) is 18.1 Å². The maximum Gasteiger partial charge on any atom is 0.223 e. The fourth-order valence-corrected chi connectivity index (χ4v) is 2.02. The number of hydrogen-bond acceptors (Lipinski definition) is 1. The Balaban J connectivity index is 2.30. The first-order valence-corrected chi connectivity index (χ1v) is 6.70. The first-order valence-electron chi connectivity index (χ1n) is 6.70. The predicted octanol–water partition coefficient (Wildman–Crippen LogP) is 3.75. The van der Waals surface area contributed by atoms with Crippen molar-refractivity contribution in [1.82, 2.24) is 4.90 Å². The molecule has 0 bridgehead atoms. The molecule has 0 aromatic heterocycles. The summed E-state index contributed by atoms with van der Waals surface area (Å²) < 4.78 is 0. The molecule has 0 atom stereocenters. The van der Waals surface area contributed by atoms with Crippen LogP contribution >= 0.6 is 0 Å². The summed E-state index contributed by atoms with van der Waals surface area (Å²) in [6.45, 7) is 1.59. The molecule has 2 aromatic carbocycles. The first-order chi connectivity index (χ1) is 9.66. The summed E-state index contributed by atoms with van der Waals surface area (Å²) in [7, 11) is 1.82. The van der Waals surface area contributed by atoms with Crippen LogP contribution in [0.5, 0.6) is 0 Å². The van der Waals surface area contributed by atoms with Crippen LogP contribution in [0.25, 0.3) is 6.08 Å². The molecule has 20 heavy (non-hydrogen) atoms. The zero-order valence-corrected chi connectivity index (χ0v) is 11.9. The highest BCUT2D eigenvalue weighted by molar-refractivity contribution is 5.76. The van der Waals surface area contributed by atoms with Gasteiger partial charge in [0.25, 0.3) is 0 Å². The van der Waals surface area contributed by atoms with Crippen LogP contribution in [0.2, 0.25) is 0 Å². The van der Waals surface area contributed by atoms with E-state index in [0.29, 0.717) is 0 Å². The summed E-state index contributed by atoms with van der Waals surface area (Å²) in [5, 5.41) is 0. The summed E-state index contributed by atoms with van der Waals surface area (Å²) in [6.07, 6.45) is 2.81. The van der Waals surface area contributed by atoms with Gasteiger partial charge in [-0.25, -0.2) is 0 Å². The lowest BCUT2D eigenvalue weighted by Gasteiger charge is -2.19. The summed E-state index contributed by atoms with van der Waals surface area (Å²) in [6, 6.07) is 20.3. The summed E-state index contributed by atoms with van der Waals surface area (Å²) in [5.74, 6) is 0.0445. The first kappa shape index (κ1) is 14.1. The summed E-state index contributed by atoms with van der Waals surface area (Å²) in [4.78, 5) is 13.4. The Kier molecular flexibility index (Phi) is 4.72. The number of rotatable bonds is 4. The lowest BCUT2D eigenvalue weighted by atomic mass is 10.1. The topological polar surface area (TPSA) is 20.3 Å². The molecule has 2 nitrogen and oxygen atoms in total. The van der Waals surface area contributed by atoms with E-state index in [2.05, 4.69) is 18.2 Å². The van der Waals surface area contributed by atoms with Gasteiger partial charge in [0.05, 0.1) is 0 Å². The standard InChI is InChI=1S/C18H19NO/c1-15(20)19(2)18(13-16-9-5-3-6-10-16)14-17-11-7-4-8-12-17/h3-13H,14H2,1-2H3/b18-13+. The van der Waals surface area contributed by atoms with E-state index in [0.717, 1.165) is 17.7 Å². The van der Waals surface area contributed by atoms with Gasteiger partial charge >= 0.3 is 0 Å². The van der Waals surface area contributed by atoms with E-state index in [-0.39, 0.29) is 5.91 Å². The predicted molar refractivity (Wildman–Crippen MR) is 83.0 cm³/mol. The van der Waals surface area contributed by atoms with Crippen molar-refractivity contribution in [2.45, 2.75) is 13.3 Å². The third kappa shape index (κ3) is 3.82. The molecular weight excluding hydrogens is 246 g/mol. The van der Waals surface area contributed by atoms with Crippen molar-refractivity contribution in [3.8, 4) is 0 Å². The molecule has 0 N–H and O–H groups in total. The van der Waals surface area contributed by atoms with Crippen molar-refractivity contribution in [3.63, 3.8) is 0 Å². The van der Waals surface area contributed by atoms with Crippen LogP contribution < -0.4 is 0 Å². The highest BCUT2D eigenvalue weighted by Gasteiger charge is 2.09. The van der Waals surface area contributed by atoms with Gasteiger partial charge in [0.2, 0.25) is 5.91 Å². The van der Waals surface area contributed by atoms with Gasteiger partial charge in [0.1, 0.15) is 0 Å². The number of amides is 1. The average Bonchev–Trinajstić information content (AvgIpc) is 2.48. The second-order valence-corrected chi connectivity index (χ2v) is 4.79. The van der Waals surface area contributed by atoms with E-state index >= 15 is 0 Å². The zero-order chi connectivity index (χ0) is 14.4. The van der Waals surface area contributed by atoms with Gasteiger partial charge in [-0.05, 0) is 17.2 Å². The van der Waals surface area contributed by atoms with Crippen molar-refractivity contribution >= 4 is 12.0 Å². The number of allylic oxidation sites excluding steroid dienone is 1. The molecule has 1 amide bonds. The minimum Gasteiger partial charge on any atom is -0.319 e. The van der Waals surface area contributed by atoms with Crippen molar-refractivity contribution in [3.05, 3.63) is 77.5 Å². The Labute approximate surface area is 120 Å². The monoisotopic (exact) mass is 265 g/mol. The second-order valence-electron chi connectivity index (χ2n) is 4.79. The normalized spacial score (nSPS) is 11.2. The zero-order valence-electron chi connectivity index (χ0n) is 11.9. The number of carbonyl (C=O) groups excluding carboxylic acids is 1. The minimum absolute atomic E-state index is 0.0445. The highest BCUT2D eigenvalue weighted by atomic mass is 16.2. The van der Waals surface area contributed by atoms with Gasteiger partial charge in [-0.3, -0.25) is 4.79 Å². The maximum atomic E-state index is 11.7. The molecule has 0 spiro atoms. The van der Waals surface area contributed by atoms with Crippen LogP contribution in [0.4, 0.5) is 0 Å². The molecule has 2 aromatic rings. The summed E-state index contributed by atoms with van der Waals surface area (Å²) in [5.41, 5.74) is 3.30. The molecule has 0 fully saturated rings. The van der Waals surface area contributed by atoms with E-state index in [9.17, 15) is 4.79 Å². The van der Waals surface area contributed by atoms with E-state index in [4.69, 9.17) is 0 Å². The van der Waals surface area contributed by atoms with Crippen molar-refractivity contribution < 1.29 is 4.79 Å². The third-order valence-electron chi connectivity index (χ3n) is 3.26. The van der Waals surface area contributed by atoms with E-state index in [1.807, 2.05) is 55.6 Å². The summed E-state index contributed by atoms with van der Waals surface area (Å²) >= 11 is 0. The van der Waals surface area contributed by atoms with Gasteiger partial charge in [-0.1, -0.05) is 60.7 Å². The highest BCUT2D eigenvalue weighted by Crippen LogP contribution is 2.15. The van der Waals surface area contributed by atoms with Gasteiger partial charge in [0, 0.05) is 26.1 Å². The number of benzene rings is 2. The number of nitrogens with zero attached hydrogens (tertiary/aromatic N) is 1. The Morgan fingerprint density at radius 3 is 2.10 bits per heavy atom. The van der Waals surface area contributed by atoms with Crippen molar-refractivity contribution in [2.24, 2.45) is 0 Å². The van der Waals surface area contributed by atoms with E-state index < -0.39 is 0 Å². The third-order valence-corrected chi connectivity index (χ3v) is 3.26. The number of carbonyl (C=O) groups is 1. The average molecular weight is 265 g/mol. The quantitative estimate of drug-likeness (QED) is 0.824. The molecule has 0 heterocycles. The Morgan fingerprint density at radius 1 is 1.00 bits per heavy atom. The number of hydrogen-bond donors (Lipinski definition) is 0. The molecule has 2 rings (SSSR count). The van der Waals surface area contributed by atoms with Crippen LogP contribution in [0, 0.1) is 0 Å². The van der Waals surface area contributed by atoms with Crippen molar-refractivity contribution in [1.29, 1.82) is 0 Å². The minimum atomic E-state index is 0.0445. The molecule has 2 heteroatoms. The van der Waals surface area contributed by atoms with Gasteiger partial charge in [-0.15, -0.1) is 0 Å². The Hall–Kier alpha value is -2.35. The SMILES string of the molecule is CC(=O)N(C)/C(=C/c1ccccc1)Cc1ccccc1. The molecule has 0 aliphatic rings. The molecular formula is C18H19NO. The van der Waals surface area contributed by atoms with Crippen LogP contribution in [0.3, 0.4) is 0 Å². The molecule has 0 radical (unpaired) electrons. The molecule has 0 saturated heterocycles. The van der Waals surface area contributed by atoms with Gasteiger partial charge < -0.3 is 4.90 Å². The van der Waals surface area contributed by atoms with E-state index in [1.54, 1.807) is 11.8 Å². The fourth-order valence-electron chi connectivity index (χ4n) is 2.02. The maximum absolute atomic E-state index is 11.7. The Morgan fingerprint density at radius 2 is 1.55 bits per heavy atom. The largest absolute Gasteiger partial charge is 0.319 e. The lowest BCUT2D eigenvalue weighted by molar-refractivity contribution is -0.125. The van der Waals surface area contributed by atoms with Gasteiger partial charge in [-0.2, -0.15) is 0 Å². The lowest BCUT2D eigenvalue weighted by Crippen LogP contribution is -2.24. The molecule has 0 unspecified atom stereocenters. The van der Waals surface area contributed by atoms with Crippen LogP contribution in [-0.2, 0) is 11.2 Å². The Bertz CT molecular complexity index is 587. The van der Waals surface area contributed by atoms with Gasteiger partial charge in [0.15, 0.2) is 0 Å². The van der Waals surface area contributed by atoms with Crippen molar-refractivity contribution in [2.75, 3.05) is 7.05 Å². The van der Waals surface area contributed by atoms with E-state index in [1.165, 1.54) is 5.56 Å². The smallest absolute Gasteiger partial charge is 0.223 e. The van der Waals surface area contributed by atoms with Crippen LogP contribution in [-0.4, -0.2) is 17.9 Å². The molecule has 102 valence electrons. The van der Waals surface area contributed by atoms with Crippen LogP contribution in [0.15, 0.2) is 66.4 Å². The fraction of sp³-hybridized carbons (Fsp3) is 0.167. The molecule has 0 saturated carbocycles.